The number of nitrogens with zero attached hydrogens (tertiary/aromatic N) is 3. The molecular weight excluding hydrogens is 346 g/mol. The Hall–Kier alpha value is -1.63. The van der Waals surface area contributed by atoms with Crippen molar-refractivity contribution in [2.24, 2.45) is 0 Å². The van der Waals surface area contributed by atoms with Gasteiger partial charge in [0.1, 0.15) is 0 Å². The van der Waals surface area contributed by atoms with Gasteiger partial charge in [-0.2, -0.15) is 10.2 Å². The molecule has 1 aliphatic rings. The molecule has 1 aliphatic carbocycles. The Morgan fingerprint density at radius 1 is 1.41 bits per heavy atom. The van der Waals surface area contributed by atoms with Gasteiger partial charge in [0.25, 0.3) is 5.91 Å². The van der Waals surface area contributed by atoms with E-state index >= 15 is 0 Å². The predicted molar refractivity (Wildman–Crippen MR) is 86.5 cm³/mol. The smallest absolute Gasteiger partial charge is 0.255 e. The van der Waals surface area contributed by atoms with Crippen LogP contribution in [-0.2, 0) is 6.54 Å². The van der Waals surface area contributed by atoms with Crippen molar-refractivity contribution >= 4 is 21.8 Å². The van der Waals surface area contributed by atoms with Gasteiger partial charge in [-0.05, 0) is 35.7 Å². The van der Waals surface area contributed by atoms with Gasteiger partial charge in [-0.15, -0.1) is 0 Å². The first-order valence-corrected chi connectivity index (χ1v) is 8.46. The zero-order chi connectivity index (χ0) is 15.5. The van der Waals surface area contributed by atoms with E-state index in [1.165, 1.54) is 19.3 Å². The molecule has 1 saturated carbocycles. The van der Waals surface area contributed by atoms with E-state index in [-0.39, 0.29) is 5.91 Å². The molecule has 1 fully saturated rings. The molecule has 0 radical (unpaired) electrons. The minimum absolute atomic E-state index is 0.0962. The van der Waals surface area contributed by atoms with Gasteiger partial charge in [-0.1, -0.05) is 19.3 Å². The molecule has 0 unspecified atom stereocenters. The second-order valence-electron chi connectivity index (χ2n) is 5.76. The third-order valence-corrected chi connectivity index (χ3v) is 4.98. The van der Waals surface area contributed by atoms with Crippen molar-refractivity contribution in [3.63, 3.8) is 0 Å². The first-order chi connectivity index (χ1) is 10.7. The molecule has 0 aromatic carbocycles. The Morgan fingerprint density at radius 3 is 2.86 bits per heavy atom. The summed E-state index contributed by atoms with van der Waals surface area (Å²) in [6.45, 7) is 2.39. The molecule has 0 atom stereocenters. The highest BCUT2D eigenvalue weighted by Crippen LogP contribution is 2.29. The van der Waals surface area contributed by atoms with Gasteiger partial charge in [0, 0.05) is 5.69 Å². The summed E-state index contributed by atoms with van der Waals surface area (Å²) in [5.74, 6) is -0.0962. The summed E-state index contributed by atoms with van der Waals surface area (Å²) in [6, 6.07) is 0.442. The Balaban J connectivity index is 1.68. The number of nitrogens with one attached hydrogen (secondary N) is 2. The molecule has 2 N–H and O–H groups in total. The van der Waals surface area contributed by atoms with Crippen LogP contribution in [0.4, 0.5) is 0 Å². The lowest BCUT2D eigenvalue weighted by Gasteiger charge is -2.23. The predicted octanol–water partition coefficient (Wildman–Crippen LogP) is 3.11. The van der Waals surface area contributed by atoms with Crippen molar-refractivity contribution in [2.45, 2.75) is 51.6 Å². The van der Waals surface area contributed by atoms with Crippen LogP contribution in [0.1, 0.15) is 59.9 Å². The number of carbonyl (C=O) groups excluding carboxylic acids is 1. The molecule has 22 heavy (non-hydrogen) atoms. The molecule has 0 aliphatic heterocycles. The monoisotopic (exact) mass is 365 g/mol. The van der Waals surface area contributed by atoms with E-state index in [1.807, 2.05) is 11.6 Å². The second-order valence-corrected chi connectivity index (χ2v) is 6.61. The maximum absolute atomic E-state index is 12.4. The number of hydrogen-bond donors (Lipinski definition) is 2. The molecule has 6 nitrogen and oxygen atoms in total. The molecule has 2 heterocycles. The molecule has 0 spiro atoms. The van der Waals surface area contributed by atoms with E-state index < -0.39 is 0 Å². The lowest BCUT2D eigenvalue weighted by atomic mass is 9.95. The molecule has 118 valence electrons. The summed E-state index contributed by atoms with van der Waals surface area (Å²) in [4.78, 5) is 12.4. The highest BCUT2D eigenvalue weighted by molar-refractivity contribution is 9.10. The number of amides is 1. The molecule has 0 saturated heterocycles. The fourth-order valence-electron chi connectivity index (χ4n) is 3.03. The summed E-state index contributed by atoms with van der Waals surface area (Å²) >= 11 is 3.38. The molecule has 3 rings (SSSR count). The van der Waals surface area contributed by atoms with Gasteiger partial charge in [0.15, 0.2) is 0 Å². The van der Waals surface area contributed by atoms with Crippen molar-refractivity contribution in [3.05, 3.63) is 33.8 Å². The Labute approximate surface area is 137 Å². The van der Waals surface area contributed by atoms with Crippen molar-refractivity contribution < 1.29 is 4.79 Å². The van der Waals surface area contributed by atoms with Crippen LogP contribution < -0.4 is 5.32 Å². The van der Waals surface area contributed by atoms with E-state index in [0.717, 1.165) is 28.7 Å². The molecule has 7 heteroatoms. The number of hydrogen-bond acceptors (Lipinski definition) is 3. The van der Waals surface area contributed by atoms with E-state index in [2.05, 4.69) is 36.5 Å². The summed E-state index contributed by atoms with van der Waals surface area (Å²) in [6.07, 6.45) is 9.48. The fourth-order valence-corrected chi connectivity index (χ4v) is 3.36. The van der Waals surface area contributed by atoms with Crippen LogP contribution in [0, 0.1) is 6.92 Å². The molecule has 0 bridgehead atoms. The van der Waals surface area contributed by atoms with Crippen molar-refractivity contribution in [1.29, 1.82) is 0 Å². The van der Waals surface area contributed by atoms with Crippen LogP contribution in [0.15, 0.2) is 16.9 Å². The van der Waals surface area contributed by atoms with E-state index in [1.54, 1.807) is 12.4 Å². The van der Waals surface area contributed by atoms with Crippen LogP contribution in [-0.4, -0.2) is 25.9 Å². The van der Waals surface area contributed by atoms with E-state index in [9.17, 15) is 4.79 Å². The maximum Gasteiger partial charge on any atom is 0.255 e. The number of H-pyrrole nitrogens is 1. The zero-order valence-electron chi connectivity index (χ0n) is 12.6. The lowest BCUT2D eigenvalue weighted by Crippen LogP contribution is -2.24. The summed E-state index contributed by atoms with van der Waals surface area (Å²) in [5, 5.41) is 14.1. The third-order valence-electron chi connectivity index (χ3n) is 4.30. The van der Waals surface area contributed by atoms with Crippen LogP contribution in [0.25, 0.3) is 0 Å². The van der Waals surface area contributed by atoms with Crippen LogP contribution in [0.5, 0.6) is 0 Å². The molecule has 1 amide bonds. The normalized spacial score (nSPS) is 15.9. The number of carbonyl (C=O) groups is 1. The average Bonchev–Trinajstić information content (AvgIpc) is 3.12. The summed E-state index contributed by atoms with van der Waals surface area (Å²) < 4.78 is 2.89. The van der Waals surface area contributed by atoms with Crippen molar-refractivity contribution in [2.75, 3.05) is 0 Å². The van der Waals surface area contributed by atoms with E-state index in [4.69, 9.17) is 0 Å². The third kappa shape index (κ3) is 3.09. The SMILES string of the molecule is Cc1c(C(=O)NCc2[nH]ncc2Br)cnn1C1CCCCC1. The van der Waals surface area contributed by atoms with Gasteiger partial charge in [-0.3, -0.25) is 14.6 Å². The standard InChI is InChI=1S/C15H20BrN5O/c1-10-12(7-19-21(10)11-5-3-2-4-6-11)15(22)17-9-14-13(16)8-18-20-14/h7-8,11H,2-6,9H2,1H3,(H,17,22)(H,18,20). The van der Waals surface area contributed by atoms with Gasteiger partial charge in [0.2, 0.25) is 0 Å². The van der Waals surface area contributed by atoms with Crippen LogP contribution in [0.2, 0.25) is 0 Å². The fraction of sp³-hybridized carbons (Fsp3) is 0.533. The highest BCUT2D eigenvalue weighted by Gasteiger charge is 2.21. The van der Waals surface area contributed by atoms with Gasteiger partial charge < -0.3 is 5.32 Å². The number of aromatic nitrogens is 4. The van der Waals surface area contributed by atoms with E-state index in [0.29, 0.717) is 18.2 Å². The molecular formula is C15H20BrN5O. The van der Waals surface area contributed by atoms with Gasteiger partial charge in [-0.25, -0.2) is 0 Å². The van der Waals surface area contributed by atoms with Gasteiger partial charge >= 0.3 is 0 Å². The van der Waals surface area contributed by atoms with Gasteiger partial charge in [0.05, 0.1) is 40.7 Å². The Morgan fingerprint density at radius 2 is 2.18 bits per heavy atom. The summed E-state index contributed by atoms with van der Waals surface area (Å²) in [7, 11) is 0. The number of rotatable bonds is 4. The molecule has 2 aromatic rings. The Bertz CT molecular complexity index is 657. The lowest BCUT2D eigenvalue weighted by molar-refractivity contribution is 0.0949. The first kappa shape index (κ1) is 15.3. The highest BCUT2D eigenvalue weighted by atomic mass is 79.9. The number of aromatic amines is 1. The Kier molecular flexibility index (Phi) is 4.61. The second kappa shape index (κ2) is 6.64. The van der Waals surface area contributed by atoms with Crippen LogP contribution >= 0.6 is 15.9 Å². The topological polar surface area (TPSA) is 75.6 Å². The van der Waals surface area contributed by atoms with Crippen LogP contribution in [0.3, 0.4) is 0 Å². The van der Waals surface area contributed by atoms with Crippen molar-refractivity contribution in [1.82, 2.24) is 25.3 Å². The zero-order valence-corrected chi connectivity index (χ0v) is 14.2. The largest absolute Gasteiger partial charge is 0.346 e. The maximum atomic E-state index is 12.4. The minimum atomic E-state index is -0.0962. The van der Waals surface area contributed by atoms with Crippen molar-refractivity contribution in [3.8, 4) is 0 Å². The average molecular weight is 366 g/mol. The molecule has 2 aromatic heterocycles. The minimum Gasteiger partial charge on any atom is -0.346 e. The quantitative estimate of drug-likeness (QED) is 0.873. The number of halogens is 1. The summed E-state index contributed by atoms with van der Waals surface area (Å²) in [5.41, 5.74) is 2.46. The first-order valence-electron chi connectivity index (χ1n) is 7.67.